The smallest absolute Gasteiger partial charge is 0.259 e. The molecule has 0 bridgehead atoms. The molecule has 2 N–H and O–H groups in total. The first-order chi connectivity index (χ1) is 12.8. The molecule has 1 atom stereocenters. The van der Waals surface area contributed by atoms with E-state index in [1.807, 2.05) is 25.1 Å². The third-order valence-corrected chi connectivity index (χ3v) is 4.12. The molecular formula is C20H24ClN3O3. The van der Waals surface area contributed by atoms with Gasteiger partial charge in [0.15, 0.2) is 6.61 Å². The lowest BCUT2D eigenvalue weighted by Crippen LogP contribution is -2.32. The number of amides is 2. The lowest BCUT2D eigenvalue weighted by atomic mass is 10.2. The fraction of sp³-hybridized carbons (Fsp3) is 0.300. The van der Waals surface area contributed by atoms with Crippen molar-refractivity contribution in [3.05, 3.63) is 53.1 Å². The topological polar surface area (TPSA) is 70.7 Å². The van der Waals surface area contributed by atoms with Crippen LogP contribution in [0.15, 0.2) is 42.5 Å². The molecule has 0 spiro atoms. The average Bonchev–Trinajstić information content (AvgIpc) is 2.63. The Morgan fingerprint density at radius 3 is 2.44 bits per heavy atom. The molecule has 0 saturated heterocycles. The largest absolute Gasteiger partial charge is 0.482 e. The Hall–Kier alpha value is -2.73. The number of nitrogens with zero attached hydrogens (tertiary/aromatic N) is 1. The summed E-state index contributed by atoms with van der Waals surface area (Å²) in [4.78, 5) is 25.7. The fourth-order valence-corrected chi connectivity index (χ4v) is 2.35. The SMILES string of the molecule is Cc1ccc(NC(C)C(=O)Nc2ccc(Cl)cc2)c(OCC(=O)N(C)C)c1. The van der Waals surface area contributed by atoms with Gasteiger partial charge in [0.2, 0.25) is 5.91 Å². The summed E-state index contributed by atoms with van der Waals surface area (Å²) in [5.41, 5.74) is 2.30. The second-order valence-electron chi connectivity index (χ2n) is 6.44. The number of benzene rings is 2. The molecule has 0 saturated carbocycles. The summed E-state index contributed by atoms with van der Waals surface area (Å²) >= 11 is 5.85. The molecule has 6 nitrogen and oxygen atoms in total. The highest BCUT2D eigenvalue weighted by Crippen LogP contribution is 2.26. The molecule has 2 amide bonds. The van der Waals surface area contributed by atoms with Crippen LogP contribution in [-0.2, 0) is 9.59 Å². The van der Waals surface area contributed by atoms with Crippen molar-refractivity contribution in [3.8, 4) is 5.75 Å². The van der Waals surface area contributed by atoms with Gasteiger partial charge >= 0.3 is 0 Å². The van der Waals surface area contributed by atoms with Gasteiger partial charge in [0.05, 0.1) is 5.69 Å². The van der Waals surface area contributed by atoms with Crippen LogP contribution in [0.4, 0.5) is 11.4 Å². The van der Waals surface area contributed by atoms with Crippen LogP contribution in [0.1, 0.15) is 12.5 Å². The monoisotopic (exact) mass is 389 g/mol. The van der Waals surface area contributed by atoms with E-state index >= 15 is 0 Å². The van der Waals surface area contributed by atoms with Crippen molar-refractivity contribution >= 4 is 34.8 Å². The summed E-state index contributed by atoms with van der Waals surface area (Å²) in [6, 6.07) is 11.9. The van der Waals surface area contributed by atoms with Gasteiger partial charge in [0, 0.05) is 24.8 Å². The highest BCUT2D eigenvalue weighted by molar-refractivity contribution is 6.30. The van der Waals surface area contributed by atoms with E-state index in [4.69, 9.17) is 16.3 Å². The minimum Gasteiger partial charge on any atom is -0.482 e. The number of hydrogen-bond donors (Lipinski definition) is 2. The predicted octanol–water partition coefficient (Wildman–Crippen LogP) is 3.55. The van der Waals surface area contributed by atoms with Crippen molar-refractivity contribution in [2.24, 2.45) is 0 Å². The number of carbonyl (C=O) groups is 2. The third-order valence-electron chi connectivity index (χ3n) is 3.86. The van der Waals surface area contributed by atoms with Gasteiger partial charge in [-0.05, 0) is 55.8 Å². The van der Waals surface area contributed by atoms with Crippen molar-refractivity contribution in [3.63, 3.8) is 0 Å². The normalized spacial score (nSPS) is 11.4. The Morgan fingerprint density at radius 2 is 1.81 bits per heavy atom. The number of anilines is 2. The van der Waals surface area contributed by atoms with E-state index in [9.17, 15) is 9.59 Å². The molecule has 144 valence electrons. The van der Waals surface area contributed by atoms with Crippen LogP contribution < -0.4 is 15.4 Å². The van der Waals surface area contributed by atoms with Gasteiger partial charge < -0.3 is 20.3 Å². The quantitative estimate of drug-likeness (QED) is 0.759. The van der Waals surface area contributed by atoms with Crippen LogP contribution in [0.3, 0.4) is 0 Å². The second kappa shape index (κ2) is 9.28. The number of hydrogen-bond acceptors (Lipinski definition) is 4. The number of rotatable bonds is 7. The number of ether oxygens (including phenoxy) is 1. The maximum absolute atomic E-state index is 12.4. The van der Waals surface area contributed by atoms with Gasteiger partial charge in [0.25, 0.3) is 5.91 Å². The molecule has 0 fully saturated rings. The van der Waals surface area contributed by atoms with Crippen LogP contribution in [0, 0.1) is 6.92 Å². The summed E-state index contributed by atoms with van der Waals surface area (Å²) in [5.74, 6) is 0.181. The maximum Gasteiger partial charge on any atom is 0.259 e. The molecule has 2 aromatic rings. The molecular weight excluding hydrogens is 366 g/mol. The number of carbonyl (C=O) groups excluding carboxylic acids is 2. The van der Waals surface area contributed by atoms with Gasteiger partial charge in [0.1, 0.15) is 11.8 Å². The summed E-state index contributed by atoms with van der Waals surface area (Å²) in [5, 5.41) is 6.56. The van der Waals surface area contributed by atoms with Crippen molar-refractivity contribution in [2.45, 2.75) is 19.9 Å². The molecule has 0 aliphatic heterocycles. The summed E-state index contributed by atoms with van der Waals surface area (Å²) < 4.78 is 5.65. The van der Waals surface area contributed by atoms with Gasteiger partial charge in [-0.1, -0.05) is 17.7 Å². The van der Waals surface area contributed by atoms with Crippen LogP contribution >= 0.6 is 11.6 Å². The predicted molar refractivity (Wildman–Crippen MR) is 109 cm³/mol. The highest BCUT2D eigenvalue weighted by Gasteiger charge is 2.16. The Kier molecular flexibility index (Phi) is 7.07. The van der Waals surface area contributed by atoms with E-state index in [1.165, 1.54) is 4.90 Å². The van der Waals surface area contributed by atoms with Gasteiger partial charge in [-0.25, -0.2) is 0 Å². The number of halogens is 1. The molecule has 1 unspecified atom stereocenters. The van der Waals surface area contributed by atoms with E-state index in [0.717, 1.165) is 5.56 Å². The number of likely N-dealkylation sites (N-methyl/N-ethyl adjacent to an activating group) is 1. The first kappa shape index (κ1) is 20.6. The molecule has 0 aromatic heterocycles. The average molecular weight is 390 g/mol. The van der Waals surface area contributed by atoms with Crippen LogP contribution in [0.2, 0.25) is 5.02 Å². The molecule has 27 heavy (non-hydrogen) atoms. The number of aryl methyl sites for hydroxylation is 1. The minimum atomic E-state index is -0.518. The van der Waals surface area contributed by atoms with E-state index < -0.39 is 6.04 Å². The van der Waals surface area contributed by atoms with Crippen LogP contribution in [0.25, 0.3) is 0 Å². The summed E-state index contributed by atoms with van der Waals surface area (Å²) in [7, 11) is 3.34. The van der Waals surface area contributed by atoms with Crippen molar-refractivity contribution < 1.29 is 14.3 Å². The molecule has 0 aliphatic carbocycles. The molecule has 0 radical (unpaired) electrons. The Bertz CT molecular complexity index is 807. The molecule has 2 rings (SSSR count). The van der Waals surface area contributed by atoms with Gasteiger partial charge in [-0.3, -0.25) is 9.59 Å². The minimum absolute atomic E-state index is 0.0729. The maximum atomic E-state index is 12.4. The van der Waals surface area contributed by atoms with E-state index in [-0.39, 0.29) is 18.4 Å². The Labute approximate surface area is 164 Å². The Morgan fingerprint density at radius 1 is 1.15 bits per heavy atom. The summed E-state index contributed by atoms with van der Waals surface area (Å²) in [6.07, 6.45) is 0. The molecule has 0 heterocycles. The van der Waals surface area contributed by atoms with Gasteiger partial charge in [-0.15, -0.1) is 0 Å². The zero-order valence-electron chi connectivity index (χ0n) is 15.9. The van der Waals surface area contributed by atoms with Crippen molar-refractivity contribution in [1.29, 1.82) is 0 Å². The highest BCUT2D eigenvalue weighted by atomic mass is 35.5. The first-order valence-electron chi connectivity index (χ1n) is 8.53. The standard InChI is InChI=1S/C20H24ClN3O3/c1-13-5-10-17(18(11-13)27-12-19(25)24(3)4)22-14(2)20(26)23-16-8-6-15(21)7-9-16/h5-11,14,22H,12H2,1-4H3,(H,23,26). The molecule has 7 heteroatoms. The second-order valence-corrected chi connectivity index (χ2v) is 6.88. The number of nitrogens with one attached hydrogen (secondary N) is 2. The van der Waals surface area contributed by atoms with E-state index in [2.05, 4.69) is 10.6 Å². The zero-order chi connectivity index (χ0) is 20.0. The van der Waals surface area contributed by atoms with E-state index in [1.54, 1.807) is 45.3 Å². The first-order valence-corrected chi connectivity index (χ1v) is 8.90. The molecule has 0 aliphatic rings. The lowest BCUT2D eigenvalue weighted by molar-refractivity contribution is -0.130. The van der Waals surface area contributed by atoms with E-state index in [0.29, 0.717) is 22.1 Å². The third kappa shape index (κ3) is 6.18. The van der Waals surface area contributed by atoms with Crippen molar-refractivity contribution in [1.82, 2.24) is 4.90 Å². The van der Waals surface area contributed by atoms with Crippen LogP contribution in [-0.4, -0.2) is 43.5 Å². The van der Waals surface area contributed by atoms with Crippen molar-refractivity contribution in [2.75, 3.05) is 31.3 Å². The lowest BCUT2D eigenvalue weighted by Gasteiger charge is -2.19. The van der Waals surface area contributed by atoms with Gasteiger partial charge in [-0.2, -0.15) is 0 Å². The van der Waals surface area contributed by atoms with Crippen LogP contribution in [0.5, 0.6) is 5.75 Å². The zero-order valence-corrected chi connectivity index (χ0v) is 16.6. The molecule has 2 aromatic carbocycles. The fourth-order valence-electron chi connectivity index (χ4n) is 2.22. The Balaban J connectivity index is 2.05. The summed E-state index contributed by atoms with van der Waals surface area (Å²) in [6.45, 7) is 3.61.